The van der Waals surface area contributed by atoms with Crippen molar-refractivity contribution < 1.29 is 4.79 Å². The van der Waals surface area contributed by atoms with Crippen molar-refractivity contribution in [3.05, 3.63) is 0 Å². The van der Waals surface area contributed by atoms with E-state index < -0.39 is 5.41 Å². The standard InChI is InChI=1S/C16H31N3OS/c1-5-8-16(9-6-2,14(17)21)15(20)19-11-7-10-18(4)12-13(19)3/h13H,5-12H2,1-4H3,(H2,17,21). The molecule has 0 saturated carbocycles. The predicted octanol–water partition coefficient (Wildman–Crippen LogP) is 2.41. The first-order valence-electron chi connectivity index (χ1n) is 8.18. The van der Waals surface area contributed by atoms with Gasteiger partial charge in [0.25, 0.3) is 0 Å². The van der Waals surface area contributed by atoms with Crippen LogP contribution in [0.4, 0.5) is 0 Å². The van der Waals surface area contributed by atoms with Crippen molar-refractivity contribution in [2.45, 2.75) is 58.9 Å². The largest absolute Gasteiger partial charge is 0.392 e. The second-order valence-corrected chi connectivity index (χ2v) is 6.85. The molecule has 1 aliphatic rings. The molecule has 0 aromatic heterocycles. The molecule has 0 aromatic carbocycles. The van der Waals surface area contributed by atoms with Crippen molar-refractivity contribution in [1.29, 1.82) is 0 Å². The van der Waals surface area contributed by atoms with E-state index in [4.69, 9.17) is 18.0 Å². The van der Waals surface area contributed by atoms with Gasteiger partial charge in [-0.05, 0) is 39.8 Å². The molecule has 1 fully saturated rings. The molecule has 1 unspecified atom stereocenters. The number of hydrogen-bond acceptors (Lipinski definition) is 3. The van der Waals surface area contributed by atoms with Gasteiger partial charge < -0.3 is 15.5 Å². The summed E-state index contributed by atoms with van der Waals surface area (Å²) in [6, 6.07) is 0.215. The van der Waals surface area contributed by atoms with E-state index in [1.807, 2.05) is 4.90 Å². The maximum atomic E-state index is 13.3. The summed E-state index contributed by atoms with van der Waals surface area (Å²) in [7, 11) is 2.11. The first-order valence-corrected chi connectivity index (χ1v) is 8.59. The highest BCUT2D eigenvalue weighted by atomic mass is 32.1. The Labute approximate surface area is 135 Å². The smallest absolute Gasteiger partial charge is 0.235 e. The van der Waals surface area contributed by atoms with Crippen LogP contribution in [0.15, 0.2) is 0 Å². The number of thiocarbonyl (C=S) groups is 1. The third kappa shape index (κ3) is 4.16. The number of hydrogen-bond donors (Lipinski definition) is 1. The highest BCUT2D eigenvalue weighted by molar-refractivity contribution is 7.80. The Bertz CT molecular complexity index is 367. The molecule has 0 bridgehead atoms. The summed E-state index contributed by atoms with van der Waals surface area (Å²) in [6.07, 6.45) is 4.37. The normalized spacial score (nSPS) is 21.1. The zero-order chi connectivity index (χ0) is 16.0. The van der Waals surface area contributed by atoms with Gasteiger partial charge in [-0.15, -0.1) is 0 Å². The van der Waals surface area contributed by atoms with E-state index in [-0.39, 0.29) is 11.9 Å². The Morgan fingerprint density at radius 3 is 2.33 bits per heavy atom. The molecular weight excluding hydrogens is 282 g/mol. The molecular formula is C16H31N3OS. The first kappa shape index (κ1) is 18.4. The lowest BCUT2D eigenvalue weighted by Crippen LogP contribution is -2.54. The van der Waals surface area contributed by atoms with Crippen LogP contribution in [-0.2, 0) is 4.79 Å². The summed E-state index contributed by atoms with van der Waals surface area (Å²) in [6.45, 7) is 9.07. The van der Waals surface area contributed by atoms with Crippen LogP contribution in [0.25, 0.3) is 0 Å². The van der Waals surface area contributed by atoms with Gasteiger partial charge in [-0.3, -0.25) is 4.79 Å². The highest BCUT2D eigenvalue weighted by Crippen LogP contribution is 2.34. The van der Waals surface area contributed by atoms with Gasteiger partial charge in [0.05, 0.1) is 10.4 Å². The zero-order valence-corrected chi connectivity index (χ0v) is 14.8. The third-order valence-corrected chi connectivity index (χ3v) is 4.93. The van der Waals surface area contributed by atoms with Crippen LogP contribution in [-0.4, -0.2) is 53.4 Å². The molecule has 1 saturated heterocycles. The Morgan fingerprint density at radius 1 is 1.29 bits per heavy atom. The Kier molecular flexibility index (Phi) is 7.07. The topological polar surface area (TPSA) is 49.6 Å². The Morgan fingerprint density at radius 2 is 1.86 bits per heavy atom. The van der Waals surface area contributed by atoms with Gasteiger partial charge in [0.15, 0.2) is 0 Å². The van der Waals surface area contributed by atoms with Gasteiger partial charge in [-0.1, -0.05) is 38.9 Å². The second kappa shape index (κ2) is 8.08. The molecule has 1 heterocycles. The van der Waals surface area contributed by atoms with Crippen LogP contribution in [0.3, 0.4) is 0 Å². The van der Waals surface area contributed by atoms with Crippen LogP contribution < -0.4 is 5.73 Å². The average molecular weight is 314 g/mol. The van der Waals surface area contributed by atoms with Crippen molar-refractivity contribution in [3.63, 3.8) is 0 Å². The summed E-state index contributed by atoms with van der Waals surface area (Å²) in [5.41, 5.74) is 5.39. The number of rotatable bonds is 6. The average Bonchev–Trinajstić information content (AvgIpc) is 2.57. The maximum absolute atomic E-state index is 13.3. The molecule has 0 aromatic rings. The molecule has 1 rings (SSSR count). The van der Waals surface area contributed by atoms with Gasteiger partial charge in [0.2, 0.25) is 5.91 Å². The predicted molar refractivity (Wildman–Crippen MR) is 92.3 cm³/mol. The fourth-order valence-electron chi connectivity index (χ4n) is 3.49. The molecule has 4 nitrogen and oxygen atoms in total. The maximum Gasteiger partial charge on any atom is 0.235 e. The molecule has 122 valence electrons. The van der Waals surface area contributed by atoms with Crippen molar-refractivity contribution >= 4 is 23.1 Å². The van der Waals surface area contributed by atoms with E-state index in [9.17, 15) is 4.79 Å². The van der Waals surface area contributed by atoms with Crippen molar-refractivity contribution in [2.75, 3.05) is 26.7 Å². The molecule has 5 heteroatoms. The van der Waals surface area contributed by atoms with Gasteiger partial charge in [0.1, 0.15) is 0 Å². The van der Waals surface area contributed by atoms with E-state index in [1.54, 1.807) is 0 Å². The van der Waals surface area contributed by atoms with Gasteiger partial charge in [0, 0.05) is 19.1 Å². The summed E-state index contributed by atoms with van der Waals surface area (Å²) in [5, 5.41) is 0. The molecule has 21 heavy (non-hydrogen) atoms. The number of carbonyl (C=O) groups excluding carboxylic acids is 1. The second-order valence-electron chi connectivity index (χ2n) is 6.41. The van der Waals surface area contributed by atoms with E-state index >= 15 is 0 Å². The quantitative estimate of drug-likeness (QED) is 0.765. The molecule has 1 atom stereocenters. The molecule has 0 spiro atoms. The van der Waals surface area contributed by atoms with Crippen LogP contribution in [0.2, 0.25) is 0 Å². The van der Waals surface area contributed by atoms with E-state index in [0.29, 0.717) is 4.99 Å². The van der Waals surface area contributed by atoms with E-state index in [2.05, 4.69) is 32.7 Å². The van der Waals surface area contributed by atoms with Crippen LogP contribution in [0.1, 0.15) is 52.9 Å². The fraction of sp³-hybridized carbons (Fsp3) is 0.875. The Balaban J connectivity index is 3.05. The molecule has 1 aliphatic heterocycles. The zero-order valence-electron chi connectivity index (χ0n) is 14.0. The first-order chi connectivity index (χ1) is 9.89. The van der Waals surface area contributed by atoms with Crippen molar-refractivity contribution in [2.24, 2.45) is 11.1 Å². The number of nitrogens with zero attached hydrogens (tertiary/aromatic N) is 2. The lowest BCUT2D eigenvalue weighted by Gasteiger charge is -2.39. The summed E-state index contributed by atoms with van der Waals surface area (Å²) >= 11 is 5.32. The number of likely N-dealkylation sites (N-methyl/N-ethyl adjacent to an activating group) is 1. The van der Waals surface area contributed by atoms with Crippen molar-refractivity contribution in [1.82, 2.24) is 9.80 Å². The fourth-order valence-corrected chi connectivity index (χ4v) is 3.78. The number of amides is 1. The third-order valence-electron chi connectivity index (χ3n) is 4.54. The van der Waals surface area contributed by atoms with Crippen molar-refractivity contribution in [3.8, 4) is 0 Å². The lowest BCUT2D eigenvalue weighted by atomic mass is 9.77. The highest BCUT2D eigenvalue weighted by Gasteiger charge is 2.43. The summed E-state index contributed by atoms with van der Waals surface area (Å²) in [5.74, 6) is 0.154. The molecule has 1 amide bonds. The van der Waals surface area contributed by atoms with E-state index in [0.717, 1.165) is 51.7 Å². The van der Waals surface area contributed by atoms with E-state index in [1.165, 1.54) is 0 Å². The van der Waals surface area contributed by atoms with Gasteiger partial charge in [-0.2, -0.15) is 0 Å². The molecule has 0 radical (unpaired) electrons. The minimum absolute atomic E-state index is 0.154. The number of nitrogens with two attached hydrogens (primary N) is 1. The minimum Gasteiger partial charge on any atom is -0.392 e. The summed E-state index contributed by atoms with van der Waals surface area (Å²) < 4.78 is 0. The van der Waals surface area contributed by atoms with Crippen LogP contribution >= 0.6 is 12.2 Å². The van der Waals surface area contributed by atoms with Crippen LogP contribution in [0.5, 0.6) is 0 Å². The van der Waals surface area contributed by atoms with Crippen LogP contribution in [0, 0.1) is 5.41 Å². The summed E-state index contributed by atoms with van der Waals surface area (Å²) in [4.78, 5) is 17.9. The minimum atomic E-state index is -0.643. The lowest BCUT2D eigenvalue weighted by molar-refractivity contribution is -0.141. The molecule has 0 aliphatic carbocycles. The SMILES string of the molecule is CCCC(CCC)(C(=O)N1CCCN(C)CC1C)C(N)=S. The van der Waals surface area contributed by atoms with Gasteiger partial charge >= 0.3 is 0 Å². The monoisotopic (exact) mass is 313 g/mol. The molecule has 2 N–H and O–H groups in total. The Hall–Kier alpha value is -0.680. The van der Waals surface area contributed by atoms with Gasteiger partial charge in [-0.25, -0.2) is 0 Å². The number of carbonyl (C=O) groups is 1.